The minimum Gasteiger partial charge on any atom is -0.479 e. The third-order valence-electron chi connectivity index (χ3n) is 5.43. The van der Waals surface area contributed by atoms with E-state index in [0.29, 0.717) is 18.2 Å². The van der Waals surface area contributed by atoms with Crippen molar-refractivity contribution in [2.45, 2.75) is 70.7 Å². The first-order chi connectivity index (χ1) is 14.9. The van der Waals surface area contributed by atoms with Gasteiger partial charge >= 0.3 is 12.0 Å². The molecule has 0 spiro atoms. The van der Waals surface area contributed by atoms with Crippen molar-refractivity contribution in [1.29, 1.82) is 0 Å². The number of carboxylic acid groups (broad SMARTS) is 1. The Balaban J connectivity index is 1.58. The summed E-state index contributed by atoms with van der Waals surface area (Å²) in [5, 5.41) is 9.77. The standard InChI is InChI=1S/C24H32N2O5/c1-4-5-6-7-8-9-14-29-22-25-15-19(16-26-22)18-10-12-20(13-11-18)24(21(27)28)17-30-23(2,3)31-24/h10-13,15-16H,4-9,14,17H2,1-3H3,(H,27,28)/t24-/m0/s1. The van der Waals surface area contributed by atoms with Gasteiger partial charge in [-0.25, -0.2) is 14.8 Å². The van der Waals surface area contributed by atoms with Crippen LogP contribution in [0.25, 0.3) is 11.1 Å². The Morgan fingerprint density at radius 2 is 1.68 bits per heavy atom. The SMILES string of the molecule is CCCCCCCCOc1ncc(-c2ccc([C@]3(C(=O)O)COC(C)(C)O3)cc2)cn1. The first-order valence-electron chi connectivity index (χ1n) is 11.0. The van der Waals surface area contributed by atoms with Gasteiger partial charge < -0.3 is 19.3 Å². The summed E-state index contributed by atoms with van der Waals surface area (Å²) in [5.41, 5.74) is 0.734. The van der Waals surface area contributed by atoms with Crippen molar-refractivity contribution in [3.8, 4) is 17.1 Å². The van der Waals surface area contributed by atoms with Crippen molar-refractivity contribution < 1.29 is 24.1 Å². The Hall–Kier alpha value is -2.51. The Morgan fingerprint density at radius 1 is 1.03 bits per heavy atom. The fourth-order valence-electron chi connectivity index (χ4n) is 3.64. The third-order valence-corrected chi connectivity index (χ3v) is 5.43. The van der Waals surface area contributed by atoms with E-state index in [2.05, 4.69) is 16.9 Å². The minimum absolute atomic E-state index is 0.0393. The largest absolute Gasteiger partial charge is 0.479 e. The van der Waals surface area contributed by atoms with Gasteiger partial charge in [-0.2, -0.15) is 0 Å². The van der Waals surface area contributed by atoms with Crippen LogP contribution in [0.2, 0.25) is 0 Å². The molecule has 7 heteroatoms. The number of ether oxygens (including phenoxy) is 3. The van der Waals surface area contributed by atoms with Crippen LogP contribution in [-0.4, -0.2) is 40.0 Å². The van der Waals surface area contributed by atoms with E-state index in [4.69, 9.17) is 14.2 Å². The van der Waals surface area contributed by atoms with Crippen molar-refractivity contribution in [3.63, 3.8) is 0 Å². The molecule has 3 rings (SSSR count). The van der Waals surface area contributed by atoms with Gasteiger partial charge in [-0.05, 0) is 31.4 Å². The summed E-state index contributed by atoms with van der Waals surface area (Å²) in [6.45, 7) is 6.21. The summed E-state index contributed by atoms with van der Waals surface area (Å²) in [6, 6.07) is 7.54. The molecule has 1 fully saturated rings. The molecule has 1 aromatic heterocycles. The molecule has 1 aliphatic heterocycles. The van der Waals surface area contributed by atoms with Gasteiger partial charge in [0.1, 0.15) is 0 Å². The molecule has 7 nitrogen and oxygen atoms in total. The molecule has 1 aromatic carbocycles. The average molecular weight is 429 g/mol. The van der Waals surface area contributed by atoms with E-state index >= 15 is 0 Å². The van der Waals surface area contributed by atoms with Crippen LogP contribution in [0.5, 0.6) is 6.01 Å². The molecule has 0 unspecified atom stereocenters. The molecule has 0 aliphatic carbocycles. The second kappa shape index (κ2) is 10.2. The van der Waals surface area contributed by atoms with E-state index < -0.39 is 17.4 Å². The highest BCUT2D eigenvalue weighted by Gasteiger charge is 2.52. The van der Waals surface area contributed by atoms with Gasteiger partial charge in [0, 0.05) is 18.0 Å². The van der Waals surface area contributed by atoms with Gasteiger partial charge in [-0.15, -0.1) is 0 Å². The van der Waals surface area contributed by atoms with Gasteiger partial charge in [0.05, 0.1) is 13.2 Å². The van der Waals surface area contributed by atoms with Gasteiger partial charge in [-0.3, -0.25) is 0 Å². The highest BCUT2D eigenvalue weighted by atomic mass is 16.8. The highest BCUT2D eigenvalue weighted by molar-refractivity contribution is 5.80. The quantitative estimate of drug-likeness (QED) is 0.507. The third kappa shape index (κ3) is 5.80. The molecule has 1 atom stereocenters. The topological polar surface area (TPSA) is 90.8 Å². The zero-order valence-electron chi connectivity index (χ0n) is 18.6. The summed E-state index contributed by atoms with van der Waals surface area (Å²) in [5.74, 6) is -2.02. The molecule has 2 aromatic rings. The van der Waals surface area contributed by atoms with Gasteiger partial charge in [0.25, 0.3) is 0 Å². The number of hydrogen-bond acceptors (Lipinski definition) is 6. The second-order valence-electron chi connectivity index (χ2n) is 8.37. The lowest BCUT2D eigenvalue weighted by molar-refractivity contribution is -0.187. The molecule has 0 amide bonds. The number of carbonyl (C=O) groups is 1. The molecule has 31 heavy (non-hydrogen) atoms. The molecular weight excluding hydrogens is 396 g/mol. The van der Waals surface area contributed by atoms with Gasteiger partial charge in [-0.1, -0.05) is 63.3 Å². The normalized spacial score (nSPS) is 20.0. The molecule has 0 bridgehead atoms. The van der Waals surface area contributed by atoms with Crippen LogP contribution in [0.15, 0.2) is 36.7 Å². The Morgan fingerprint density at radius 3 is 2.26 bits per heavy atom. The fourth-order valence-corrected chi connectivity index (χ4v) is 3.64. The number of carboxylic acids is 1. The molecule has 168 valence electrons. The van der Waals surface area contributed by atoms with E-state index in [1.165, 1.54) is 25.7 Å². The van der Waals surface area contributed by atoms with Crippen LogP contribution in [-0.2, 0) is 19.9 Å². The van der Waals surface area contributed by atoms with Crippen LogP contribution in [0, 0.1) is 0 Å². The number of aromatic nitrogens is 2. The van der Waals surface area contributed by atoms with Crippen molar-refractivity contribution in [3.05, 3.63) is 42.2 Å². The number of aliphatic carboxylic acids is 1. The summed E-state index contributed by atoms with van der Waals surface area (Å²) in [4.78, 5) is 20.5. The number of unbranched alkanes of at least 4 members (excludes halogenated alkanes) is 5. The monoisotopic (exact) mass is 428 g/mol. The van der Waals surface area contributed by atoms with E-state index in [0.717, 1.165) is 24.0 Å². The zero-order valence-corrected chi connectivity index (χ0v) is 18.6. The van der Waals surface area contributed by atoms with Crippen molar-refractivity contribution in [1.82, 2.24) is 9.97 Å². The maximum absolute atomic E-state index is 11.9. The summed E-state index contributed by atoms with van der Waals surface area (Å²) >= 11 is 0. The molecule has 1 N–H and O–H groups in total. The van der Waals surface area contributed by atoms with Gasteiger partial charge in [0.2, 0.25) is 5.60 Å². The number of rotatable bonds is 11. The highest BCUT2D eigenvalue weighted by Crippen LogP contribution is 2.39. The predicted octanol–water partition coefficient (Wildman–Crippen LogP) is 4.95. The van der Waals surface area contributed by atoms with Crippen LogP contribution >= 0.6 is 0 Å². The summed E-state index contributed by atoms with van der Waals surface area (Å²) < 4.78 is 16.9. The Labute approximate surface area is 183 Å². The number of hydrogen-bond donors (Lipinski definition) is 1. The second-order valence-corrected chi connectivity index (χ2v) is 8.37. The first kappa shape index (κ1) is 23.2. The van der Waals surface area contributed by atoms with Crippen LogP contribution < -0.4 is 4.74 Å². The minimum atomic E-state index is -1.51. The van der Waals surface area contributed by atoms with E-state index in [-0.39, 0.29) is 6.61 Å². The Bertz CT molecular complexity index is 851. The van der Waals surface area contributed by atoms with Crippen LogP contribution in [0.3, 0.4) is 0 Å². The number of benzene rings is 1. The average Bonchev–Trinajstić information content (AvgIpc) is 3.10. The maximum atomic E-state index is 11.9. The lowest BCUT2D eigenvalue weighted by atomic mass is 9.93. The lowest BCUT2D eigenvalue weighted by Gasteiger charge is -2.25. The molecule has 0 saturated carbocycles. The van der Waals surface area contributed by atoms with E-state index in [9.17, 15) is 9.90 Å². The van der Waals surface area contributed by atoms with Gasteiger partial charge in [0.15, 0.2) is 5.79 Å². The predicted molar refractivity (Wildman–Crippen MR) is 117 cm³/mol. The van der Waals surface area contributed by atoms with Crippen LogP contribution in [0.4, 0.5) is 0 Å². The molecule has 1 aliphatic rings. The summed E-state index contributed by atoms with van der Waals surface area (Å²) in [6.07, 6.45) is 10.7. The molecule has 2 heterocycles. The van der Waals surface area contributed by atoms with Crippen molar-refractivity contribution in [2.24, 2.45) is 0 Å². The van der Waals surface area contributed by atoms with E-state index in [1.807, 2.05) is 12.1 Å². The van der Waals surface area contributed by atoms with Crippen molar-refractivity contribution >= 4 is 5.97 Å². The Kier molecular flexibility index (Phi) is 7.62. The number of nitrogens with zero attached hydrogens (tertiary/aromatic N) is 2. The fraction of sp³-hybridized carbons (Fsp3) is 0.542. The first-order valence-corrected chi connectivity index (χ1v) is 11.0. The molecular formula is C24H32N2O5. The van der Waals surface area contributed by atoms with E-state index in [1.54, 1.807) is 38.4 Å². The lowest BCUT2D eigenvalue weighted by Crippen LogP contribution is -2.39. The summed E-state index contributed by atoms with van der Waals surface area (Å²) in [7, 11) is 0. The van der Waals surface area contributed by atoms with Crippen LogP contribution in [0.1, 0.15) is 64.9 Å². The molecule has 1 saturated heterocycles. The smallest absolute Gasteiger partial charge is 0.343 e. The zero-order chi connectivity index (χ0) is 22.3. The maximum Gasteiger partial charge on any atom is 0.343 e. The van der Waals surface area contributed by atoms with Crippen molar-refractivity contribution in [2.75, 3.05) is 13.2 Å². The molecule has 0 radical (unpaired) electrons.